The van der Waals surface area contributed by atoms with Crippen LogP contribution in [0.25, 0.3) is 0 Å². The zero-order chi connectivity index (χ0) is 18.1. The number of hydrogen-bond acceptors (Lipinski definition) is 2. The van der Waals surface area contributed by atoms with Crippen molar-refractivity contribution in [3.05, 3.63) is 71.8 Å². The van der Waals surface area contributed by atoms with Gasteiger partial charge in [0.15, 0.2) is 0 Å². The second kappa shape index (κ2) is 7.98. The van der Waals surface area contributed by atoms with Gasteiger partial charge < -0.3 is 0 Å². The van der Waals surface area contributed by atoms with E-state index in [1.807, 2.05) is 0 Å². The summed E-state index contributed by atoms with van der Waals surface area (Å²) in [5.74, 6) is 0. The van der Waals surface area contributed by atoms with Crippen LogP contribution in [-0.2, 0) is 0 Å². The van der Waals surface area contributed by atoms with E-state index >= 15 is 0 Å². The predicted molar refractivity (Wildman–Crippen MR) is 112 cm³/mol. The highest BCUT2D eigenvalue weighted by molar-refractivity contribution is 7.80. The molecule has 0 amide bonds. The molecule has 4 atom stereocenters. The fourth-order valence-electron chi connectivity index (χ4n) is 4.70. The maximum absolute atomic E-state index is 7.23. The quantitative estimate of drug-likeness (QED) is 0.527. The van der Waals surface area contributed by atoms with E-state index < -0.39 is 7.58 Å². The molecule has 2 fully saturated rings. The van der Waals surface area contributed by atoms with Gasteiger partial charge in [-0.2, -0.15) is 0 Å². The molecule has 1 heterocycles. The summed E-state index contributed by atoms with van der Waals surface area (Å²) in [7, 11) is -0.829. The molecule has 0 aromatic heterocycles. The lowest BCUT2D eigenvalue weighted by Crippen LogP contribution is -2.41. The summed E-state index contributed by atoms with van der Waals surface area (Å²) in [6.45, 7) is 4.66. The van der Waals surface area contributed by atoms with Crippen LogP contribution in [0.1, 0.15) is 62.7 Å². The third-order valence-corrected chi connectivity index (χ3v) is 9.21. The predicted octanol–water partition coefficient (Wildman–Crippen LogP) is 6.90. The van der Waals surface area contributed by atoms with E-state index in [9.17, 15) is 0 Å². The number of halogens is 1. The zero-order valence-corrected chi connectivity index (χ0v) is 17.3. The molecule has 1 aliphatic heterocycles. The van der Waals surface area contributed by atoms with Crippen LogP contribution in [0.2, 0.25) is 0 Å². The number of nitrogens with zero attached hydrogens (tertiary/aromatic N) is 2. The molecular formula is C22H28ClN2P. The molecule has 4 rings (SSSR count). The van der Waals surface area contributed by atoms with Gasteiger partial charge in [0.2, 0.25) is 0 Å². The molecule has 0 unspecified atom stereocenters. The summed E-state index contributed by atoms with van der Waals surface area (Å²) < 4.78 is 5.27. The number of hydrogen-bond donors (Lipinski definition) is 0. The van der Waals surface area contributed by atoms with E-state index in [0.717, 1.165) is 0 Å². The highest BCUT2D eigenvalue weighted by Crippen LogP contribution is 2.66. The van der Waals surface area contributed by atoms with Gasteiger partial charge in [-0.1, -0.05) is 84.7 Å². The van der Waals surface area contributed by atoms with Crippen molar-refractivity contribution >= 4 is 18.8 Å². The summed E-state index contributed by atoms with van der Waals surface area (Å²) in [5, 5.41) is 0. The smallest absolute Gasteiger partial charge is 0.142 e. The van der Waals surface area contributed by atoms with Crippen LogP contribution >= 0.6 is 18.8 Å². The molecule has 0 radical (unpaired) electrons. The molecule has 4 heteroatoms. The van der Waals surface area contributed by atoms with Gasteiger partial charge in [0.05, 0.1) is 0 Å². The molecule has 1 aliphatic carbocycles. The Morgan fingerprint density at radius 2 is 1.15 bits per heavy atom. The Bertz CT molecular complexity index is 649. The highest BCUT2D eigenvalue weighted by Gasteiger charge is 2.51. The van der Waals surface area contributed by atoms with Gasteiger partial charge >= 0.3 is 0 Å². The first-order valence-corrected chi connectivity index (χ1v) is 12.0. The molecule has 2 aliphatic rings. The summed E-state index contributed by atoms with van der Waals surface area (Å²) in [4.78, 5) is 0. The third-order valence-electron chi connectivity index (χ3n) is 6.11. The third kappa shape index (κ3) is 3.34. The second-order valence-corrected chi connectivity index (χ2v) is 9.91. The molecule has 2 nitrogen and oxygen atoms in total. The van der Waals surface area contributed by atoms with Crippen LogP contribution in [0.4, 0.5) is 0 Å². The lowest BCUT2D eigenvalue weighted by Gasteiger charge is -2.35. The van der Waals surface area contributed by atoms with Gasteiger partial charge in [-0.05, 0) is 37.8 Å². The first-order valence-electron chi connectivity index (χ1n) is 9.81. The Labute approximate surface area is 163 Å². The largest absolute Gasteiger partial charge is 0.246 e. The van der Waals surface area contributed by atoms with Crippen molar-refractivity contribution in [1.29, 1.82) is 0 Å². The van der Waals surface area contributed by atoms with Gasteiger partial charge in [0.25, 0.3) is 0 Å². The molecule has 138 valence electrons. The van der Waals surface area contributed by atoms with Gasteiger partial charge in [-0.25, -0.2) is 9.34 Å². The van der Waals surface area contributed by atoms with Crippen LogP contribution < -0.4 is 0 Å². The molecule has 1 saturated carbocycles. The Morgan fingerprint density at radius 3 is 1.54 bits per heavy atom. The second-order valence-electron chi connectivity index (χ2n) is 7.59. The minimum atomic E-state index is -0.829. The highest BCUT2D eigenvalue weighted by atomic mass is 35.7. The maximum atomic E-state index is 7.23. The molecule has 2 aromatic carbocycles. The number of fused-ring (bicyclic) bond motifs is 1. The standard InChI is InChI=1S/C22H28ClN2P/c1-17(19-11-5-3-6-12-19)24-21-15-9-10-16-22(21)25(26(24)23)18(2)20-13-7-4-8-14-20/h3-8,11-14,17-18,21-22H,9-10,15-16H2,1-2H3/t17-,18-,21-,22-/m0/s1. The SMILES string of the molecule is C[C@@H](c1ccccc1)N1[C@H]2CCCC[C@@H]2N([C@@H](C)c2ccccc2)P1Cl. The van der Waals surface area contributed by atoms with Crippen molar-refractivity contribution in [2.24, 2.45) is 0 Å². The maximum Gasteiger partial charge on any atom is 0.142 e. The van der Waals surface area contributed by atoms with Crippen molar-refractivity contribution in [1.82, 2.24) is 9.34 Å². The summed E-state index contributed by atoms with van der Waals surface area (Å²) in [6.07, 6.45) is 5.19. The van der Waals surface area contributed by atoms with Crippen LogP contribution in [0.3, 0.4) is 0 Å². The summed E-state index contributed by atoms with van der Waals surface area (Å²) >= 11 is 7.23. The van der Waals surface area contributed by atoms with Gasteiger partial charge in [0.1, 0.15) is 7.58 Å². The first-order chi connectivity index (χ1) is 12.7. The Kier molecular flexibility index (Phi) is 5.66. The molecule has 0 N–H and O–H groups in total. The lowest BCUT2D eigenvalue weighted by atomic mass is 9.88. The van der Waals surface area contributed by atoms with Crippen molar-refractivity contribution in [2.75, 3.05) is 0 Å². The normalized spacial score (nSPS) is 27.2. The summed E-state index contributed by atoms with van der Waals surface area (Å²) in [6, 6.07) is 23.6. The van der Waals surface area contributed by atoms with E-state index in [-0.39, 0.29) is 0 Å². The van der Waals surface area contributed by atoms with E-state index in [0.29, 0.717) is 24.2 Å². The van der Waals surface area contributed by atoms with Crippen molar-refractivity contribution in [3.8, 4) is 0 Å². The van der Waals surface area contributed by atoms with Crippen LogP contribution in [0.5, 0.6) is 0 Å². The Morgan fingerprint density at radius 1 is 0.769 bits per heavy atom. The van der Waals surface area contributed by atoms with Crippen LogP contribution in [0.15, 0.2) is 60.7 Å². The van der Waals surface area contributed by atoms with Crippen molar-refractivity contribution in [3.63, 3.8) is 0 Å². The monoisotopic (exact) mass is 386 g/mol. The zero-order valence-electron chi connectivity index (χ0n) is 15.6. The average Bonchev–Trinajstić information content (AvgIpc) is 3.00. The fourth-order valence-corrected chi connectivity index (χ4v) is 8.27. The lowest BCUT2D eigenvalue weighted by molar-refractivity contribution is 0.166. The van der Waals surface area contributed by atoms with Gasteiger partial charge in [-0.15, -0.1) is 0 Å². The molecule has 1 saturated heterocycles. The van der Waals surface area contributed by atoms with E-state index in [1.54, 1.807) is 0 Å². The van der Waals surface area contributed by atoms with E-state index in [4.69, 9.17) is 11.2 Å². The molecule has 26 heavy (non-hydrogen) atoms. The van der Waals surface area contributed by atoms with E-state index in [2.05, 4.69) is 83.9 Å². The summed E-state index contributed by atoms with van der Waals surface area (Å²) in [5.41, 5.74) is 2.75. The van der Waals surface area contributed by atoms with E-state index in [1.165, 1.54) is 36.8 Å². The van der Waals surface area contributed by atoms with Crippen LogP contribution in [0, 0.1) is 0 Å². The minimum Gasteiger partial charge on any atom is -0.246 e. The van der Waals surface area contributed by atoms with Crippen LogP contribution in [-0.4, -0.2) is 21.4 Å². The minimum absolute atomic E-state index is 0.360. The topological polar surface area (TPSA) is 6.48 Å². The number of benzene rings is 2. The van der Waals surface area contributed by atoms with Gasteiger partial charge in [-0.3, -0.25) is 0 Å². The molecular weight excluding hydrogens is 359 g/mol. The first kappa shape index (κ1) is 18.4. The number of rotatable bonds is 4. The van der Waals surface area contributed by atoms with Crippen molar-refractivity contribution in [2.45, 2.75) is 63.7 Å². The van der Waals surface area contributed by atoms with Gasteiger partial charge in [0, 0.05) is 24.2 Å². The fraction of sp³-hybridized carbons (Fsp3) is 0.455. The molecule has 0 bridgehead atoms. The average molecular weight is 387 g/mol. The van der Waals surface area contributed by atoms with Crippen molar-refractivity contribution < 1.29 is 0 Å². The molecule has 2 aromatic rings. The molecule has 0 spiro atoms. The Hall–Kier alpha value is -0.920. The Balaban J connectivity index is 1.66.